The zero-order chi connectivity index (χ0) is 17.6. The molecular weight excluding hydrogens is 316 g/mol. The van der Waals surface area contributed by atoms with Gasteiger partial charge in [0.25, 0.3) is 0 Å². The van der Waals surface area contributed by atoms with E-state index in [2.05, 4.69) is 39.2 Å². The molecule has 2 aliphatic rings. The number of guanidine groups is 1. The van der Waals surface area contributed by atoms with Gasteiger partial charge in [-0.25, -0.2) is 0 Å². The van der Waals surface area contributed by atoms with E-state index in [4.69, 9.17) is 9.47 Å². The Bertz CT molecular complexity index is 599. The monoisotopic (exact) mass is 346 g/mol. The number of aryl methyl sites for hydroxylation is 1. The summed E-state index contributed by atoms with van der Waals surface area (Å²) >= 11 is 0. The topological polar surface area (TPSA) is 49.3 Å². The SMILES string of the molecule is CN=C(NCc1ccc(OC)c(C)c1)N1CCC(N2CCOCC2)C1. The molecule has 1 N–H and O–H groups in total. The highest BCUT2D eigenvalue weighted by Gasteiger charge is 2.30. The molecule has 0 radical (unpaired) electrons. The molecule has 0 aromatic heterocycles. The number of nitrogens with one attached hydrogen (secondary N) is 1. The Balaban J connectivity index is 1.53. The molecule has 0 bridgehead atoms. The lowest BCUT2D eigenvalue weighted by Crippen LogP contribution is -2.46. The van der Waals surface area contributed by atoms with E-state index in [1.165, 1.54) is 12.0 Å². The fourth-order valence-corrected chi connectivity index (χ4v) is 3.74. The average molecular weight is 346 g/mol. The van der Waals surface area contributed by atoms with Gasteiger partial charge in [0.15, 0.2) is 5.96 Å². The molecule has 3 rings (SSSR count). The predicted molar refractivity (Wildman–Crippen MR) is 100 cm³/mol. The number of morpholine rings is 1. The molecule has 0 spiro atoms. The first-order chi connectivity index (χ1) is 12.2. The number of hydrogen-bond acceptors (Lipinski definition) is 4. The van der Waals surface area contributed by atoms with Crippen LogP contribution in [0.1, 0.15) is 17.5 Å². The highest BCUT2D eigenvalue weighted by Crippen LogP contribution is 2.19. The van der Waals surface area contributed by atoms with Gasteiger partial charge < -0.3 is 19.7 Å². The lowest BCUT2D eigenvalue weighted by atomic mass is 10.1. The quantitative estimate of drug-likeness (QED) is 0.661. The smallest absolute Gasteiger partial charge is 0.193 e. The lowest BCUT2D eigenvalue weighted by molar-refractivity contribution is 0.0195. The molecule has 6 heteroatoms. The van der Waals surface area contributed by atoms with Gasteiger partial charge in [0, 0.05) is 45.8 Å². The molecule has 0 aliphatic carbocycles. The first kappa shape index (κ1) is 18.0. The third-order valence-corrected chi connectivity index (χ3v) is 5.15. The zero-order valence-electron chi connectivity index (χ0n) is 15.6. The summed E-state index contributed by atoms with van der Waals surface area (Å²) in [6, 6.07) is 6.91. The van der Waals surface area contributed by atoms with Gasteiger partial charge >= 0.3 is 0 Å². The lowest BCUT2D eigenvalue weighted by Gasteiger charge is -2.32. The predicted octanol–water partition coefficient (Wildman–Crippen LogP) is 1.49. The van der Waals surface area contributed by atoms with Crippen LogP contribution in [0.3, 0.4) is 0 Å². The number of benzene rings is 1. The summed E-state index contributed by atoms with van der Waals surface area (Å²) < 4.78 is 10.8. The average Bonchev–Trinajstić information content (AvgIpc) is 3.13. The molecular formula is C19H30N4O2. The summed E-state index contributed by atoms with van der Waals surface area (Å²) in [6.07, 6.45) is 1.20. The van der Waals surface area contributed by atoms with Gasteiger partial charge in [-0.2, -0.15) is 0 Å². The van der Waals surface area contributed by atoms with Crippen LogP contribution >= 0.6 is 0 Å². The highest BCUT2D eigenvalue weighted by molar-refractivity contribution is 5.80. The molecule has 6 nitrogen and oxygen atoms in total. The maximum Gasteiger partial charge on any atom is 0.193 e. The number of ether oxygens (including phenoxy) is 2. The normalized spacial score (nSPS) is 22.3. The number of rotatable bonds is 4. The Morgan fingerprint density at radius 1 is 1.32 bits per heavy atom. The van der Waals surface area contributed by atoms with E-state index in [0.29, 0.717) is 6.04 Å². The van der Waals surface area contributed by atoms with Gasteiger partial charge in [0.05, 0.1) is 20.3 Å². The Labute approximate surface area is 150 Å². The van der Waals surface area contributed by atoms with Crippen molar-refractivity contribution in [2.24, 2.45) is 4.99 Å². The fraction of sp³-hybridized carbons (Fsp3) is 0.632. The minimum Gasteiger partial charge on any atom is -0.496 e. The van der Waals surface area contributed by atoms with Crippen molar-refractivity contribution in [2.75, 3.05) is 53.6 Å². The van der Waals surface area contributed by atoms with Crippen molar-refractivity contribution >= 4 is 5.96 Å². The number of likely N-dealkylation sites (tertiary alicyclic amines) is 1. The summed E-state index contributed by atoms with van der Waals surface area (Å²) in [5, 5.41) is 3.51. The molecule has 2 saturated heterocycles. The van der Waals surface area contributed by atoms with Gasteiger partial charge in [-0.3, -0.25) is 9.89 Å². The van der Waals surface area contributed by atoms with E-state index < -0.39 is 0 Å². The molecule has 0 amide bonds. The molecule has 25 heavy (non-hydrogen) atoms. The summed E-state index contributed by atoms with van der Waals surface area (Å²) in [4.78, 5) is 9.42. The minimum atomic E-state index is 0.616. The van der Waals surface area contributed by atoms with E-state index in [1.807, 2.05) is 13.1 Å². The van der Waals surface area contributed by atoms with E-state index in [0.717, 1.165) is 63.2 Å². The molecule has 2 fully saturated rings. The molecule has 1 aromatic carbocycles. The van der Waals surface area contributed by atoms with Crippen molar-refractivity contribution in [2.45, 2.75) is 25.9 Å². The summed E-state index contributed by atoms with van der Waals surface area (Å²) in [6.45, 7) is 8.78. The third-order valence-electron chi connectivity index (χ3n) is 5.15. The first-order valence-electron chi connectivity index (χ1n) is 9.12. The van der Waals surface area contributed by atoms with Crippen LogP contribution in [0.15, 0.2) is 23.2 Å². The van der Waals surface area contributed by atoms with Crippen molar-refractivity contribution in [3.05, 3.63) is 29.3 Å². The van der Waals surface area contributed by atoms with Gasteiger partial charge in [-0.15, -0.1) is 0 Å². The fourth-order valence-electron chi connectivity index (χ4n) is 3.74. The maximum absolute atomic E-state index is 5.47. The van der Waals surface area contributed by atoms with Gasteiger partial charge in [-0.05, 0) is 30.5 Å². The van der Waals surface area contributed by atoms with Gasteiger partial charge in [0.2, 0.25) is 0 Å². The standard InChI is InChI=1S/C19H30N4O2/c1-15-12-16(4-5-18(15)24-3)13-21-19(20-2)23-7-6-17(14-23)22-8-10-25-11-9-22/h4-5,12,17H,6-11,13-14H2,1-3H3,(H,20,21). The minimum absolute atomic E-state index is 0.616. The van der Waals surface area contributed by atoms with Crippen LogP contribution in [0.4, 0.5) is 0 Å². The van der Waals surface area contributed by atoms with Crippen LogP contribution in [0.2, 0.25) is 0 Å². The van der Waals surface area contributed by atoms with Gasteiger partial charge in [-0.1, -0.05) is 12.1 Å². The van der Waals surface area contributed by atoms with Crippen LogP contribution < -0.4 is 10.1 Å². The van der Waals surface area contributed by atoms with Gasteiger partial charge in [0.1, 0.15) is 5.75 Å². The maximum atomic E-state index is 5.47. The van der Waals surface area contributed by atoms with E-state index in [9.17, 15) is 0 Å². The number of nitrogens with zero attached hydrogens (tertiary/aromatic N) is 3. The van der Waals surface area contributed by atoms with E-state index in [1.54, 1.807) is 7.11 Å². The van der Waals surface area contributed by atoms with Crippen molar-refractivity contribution in [1.82, 2.24) is 15.1 Å². The molecule has 2 aliphatic heterocycles. The number of methoxy groups -OCH3 is 1. The van der Waals surface area contributed by atoms with Crippen LogP contribution in [0.5, 0.6) is 5.75 Å². The van der Waals surface area contributed by atoms with E-state index in [-0.39, 0.29) is 0 Å². The molecule has 1 atom stereocenters. The summed E-state index contributed by atoms with van der Waals surface area (Å²) in [5.41, 5.74) is 2.40. The Hall–Kier alpha value is -1.79. The first-order valence-corrected chi connectivity index (χ1v) is 9.12. The van der Waals surface area contributed by atoms with E-state index >= 15 is 0 Å². The third kappa shape index (κ3) is 4.44. The molecule has 0 saturated carbocycles. The summed E-state index contributed by atoms with van der Waals surface area (Å²) in [5.74, 6) is 1.92. The van der Waals surface area contributed by atoms with Crippen molar-refractivity contribution in [1.29, 1.82) is 0 Å². The van der Waals surface area contributed by atoms with Crippen molar-refractivity contribution < 1.29 is 9.47 Å². The molecule has 138 valence electrons. The van der Waals surface area contributed by atoms with Crippen LogP contribution in [-0.2, 0) is 11.3 Å². The zero-order valence-corrected chi connectivity index (χ0v) is 15.6. The second-order valence-corrected chi connectivity index (χ2v) is 6.74. The largest absolute Gasteiger partial charge is 0.496 e. The second kappa shape index (κ2) is 8.54. The van der Waals surface area contributed by atoms with Crippen LogP contribution in [-0.4, -0.2) is 75.4 Å². The highest BCUT2D eigenvalue weighted by atomic mass is 16.5. The van der Waals surface area contributed by atoms with Crippen molar-refractivity contribution in [3.8, 4) is 5.75 Å². The number of aliphatic imine (C=N–C) groups is 1. The molecule has 1 unspecified atom stereocenters. The molecule has 1 aromatic rings. The Morgan fingerprint density at radius 3 is 2.80 bits per heavy atom. The van der Waals surface area contributed by atoms with Crippen molar-refractivity contribution in [3.63, 3.8) is 0 Å². The second-order valence-electron chi connectivity index (χ2n) is 6.74. The van der Waals surface area contributed by atoms with Crippen LogP contribution in [0, 0.1) is 6.92 Å². The summed E-state index contributed by atoms with van der Waals surface area (Å²) in [7, 11) is 3.57. The Morgan fingerprint density at radius 2 is 2.12 bits per heavy atom. The Kier molecular flexibility index (Phi) is 6.15. The molecule has 2 heterocycles. The van der Waals surface area contributed by atoms with Crippen LogP contribution in [0.25, 0.3) is 0 Å². The number of hydrogen-bond donors (Lipinski definition) is 1.